The first-order valence-electron chi connectivity index (χ1n) is 9.63. The van der Waals surface area contributed by atoms with Crippen molar-refractivity contribution in [2.75, 3.05) is 0 Å². The topological polar surface area (TPSA) is 137 Å². The van der Waals surface area contributed by atoms with Gasteiger partial charge in [0.25, 0.3) is 5.56 Å². The maximum atomic E-state index is 13.1. The lowest BCUT2D eigenvalue weighted by molar-refractivity contribution is -0.386. The van der Waals surface area contributed by atoms with Gasteiger partial charge >= 0.3 is 11.7 Å². The van der Waals surface area contributed by atoms with Gasteiger partial charge in [-0.3, -0.25) is 14.9 Å². The van der Waals surface area contributed by atoms with Crippen LogP contribution in [-0.4, -0.2) is 38.0 Å². The van der Waals surface area contributed by atoms with Gasteiger partial charge in [-0.25, -0.2) is 9.78 Å². The van der Waals surface area contributed by atoms with E-state index in [1.165, 1.54) is 19.2 Å². The van der Waals surface area contributed by atoms with Crippen LogP contribution in [0.1, 0.15) is 38.1 Å². The summed E-state index contributed by atoms with van der Waals surface area (Å²) in [6, 6.07) is 7.60. The molecule has 0 aliphatic rings. The van der Waals surface area contributed by atoms with Crippen molar-refractivity contribution in [2.45, 2.75) is 32.8 Å². The SMILES string of the molecule is CC(C)c1nc2ccc(Br)cc2c(=O)n1N=Cc1cc(Cl)c(O[C@H](C)C(=O)O)c([N+](=O)[O-])c1. The van der Waals surface area contributed by atoms with E-state index in [0.717, 1.165) is 10.7 Å². The van der Waals surface area contributed by atoms with Crippen LogP contribution in [0.25, 0.3) is 10.9 Å². The Hall–Kier alpha value is -3.31. The van der Waals surface area contributed by atoms with E-state index in [9.17, 15) is 19.7 Å². The summed E-state index contributed by atoms with van der Waals surface area (Å²) in [4.78, 5) is 39.5. The van der Waals surface area contributed by atoms with Gasteiger partial charge in [0.15, 0.2) is 6.10 Å². The molecule has 0 radical (unpaired) electrons. The fourth-order valence-corrected chi connectivity index (χ4v) is 3.56. The second-order valence-electron chi connectivity index (χ2n) is 7.35. The molecule has 1 N–H and O–H groups in total. The van der Waals surface area contributed by atoms with Crippen LogP contribution in [0.2, 0.25) is 5.02 Å². The lowest BCUT2D eigenvalue weighted by atomic mass is 10.2. The molecule has 3 aromatic rings. The van der Waals surface area contributed by atoms with Gasteiger partial charge in [0.2, 0.25) is 5.75 Å². The number of aliphatic carboxylic acids is 1. The zero-order chi connectivity index (χ0) is 24.4. The van der Waals surface area contributed by atoms with E-state index in [4.69, 9.17) is 21.4 Å². The molecular weight excluding hydrogens is 520 g/mol. The summed E-state index contributed by atoms with van der Waals surface area (Å²) >= 11 is 9.48. The van der Waals surface area contributed by atoms with E-state index in [-0.39, 0.29) is 22.3 Å². The molecule has 1 heterocycles. The summed E-state index contributed by atoms with van der Waals surface area (Å²) in [5, 5.41) is 25.0. The van der Waals surface area contributed by atoms with E-state index in [1.807, 2.05) is 13.8 Å². The molecule has 0 spiro atoms. The summed E-state index contributed by atoms with van der Waals surface area (Å²) in [7, 11) is 0. The number of benzene rings is 2. The minimum Gasteiger partial charge on any atom is -0.479 e. The van der Waals surface area contributed by atoms with Crippen LogP contribution in [0, 0.1) is 10.1 Å². The van der Waals surface area contributed by atoms with E-state index in [2.05, 4.69) is 26.0 Å². The first kappa shape index (κ1) is 24.3. The lowest BCUT2D eigenvalue weighted by Gasteiger charge is -2.13. The second kappa shape index (κ2) is 9.67. The number of aromatic nitrogens is 2. The molecule has 0 bridgehead atoms. The molecule has 0 aliphatic carbocycles. The van der Waals surface area contributed by atoms with Crippen molar-refractivity contribution in [1.82, 2.24) is 9.66 Å². The van der Waals surface area contributed by atoms with Crippen molar-refractivity contribution in [2.24, 2.45) is 5.10 Å². The molecule has 3 rings (SSSR count). The fourth-order valence-electron chi connectivity index (χ4n) is 2.93. The highest BCUT2D eigenvalue weighted by atomic mass is 79.9. The van der Waals surface area contributed by atoms with Crippen LogP contribution in [0.5, 0.6) is 5.75 Å². The molecule has 1 aromatic heterocycles. The van der Waals surface area contributed by atoms with Crippen molar-refractivity contribution < 1.29 is 19.6 Å². The molecule has 0 fully saturated rings. The predicted molar refractivity (Wildman–Crippen MR) is 127 cm³/mol. The Balaban J connectivity index is 2.12. The second-order valence-corrected chi connectivity index (χ2v) is 8.68. The van der Waals surface area contributed by atoms with Gasteiger partial charge in [-0.2, -0.15) is 9.78 Å². The molecule has 12 heteroatoms. The minimum atomic E-state index is -1.35. The standard InChI is InChI=1S/C21H18BrClN4O6/c1-10(2)19-25-16-5-4-13(22)8-14(16)20(28)26(19)24-9-12-6-15(23)18(17(7-12)27(31)32)33-11(3)21(29)30/h4-11H,1-3H3,(H,29,30)/t11-/m1/s1. The highest BCUT2D eigenvalue weighted by Gasteiger charge is 2.24. The molecule has 0 saturated carbocycles. The Morgan fingerprint density at radius 1 is 1.33 bits per heavy atom. The molecule has 33 heavy (non-hydrogen) atoms. The Morgan fingerprint density at radius 2 is 2.03 bits per heavy atom. The van der Waals surface area contributed by atoms with Crippen molar-refractivity contribution >= 4 is 56.3 Å². The summed E-state index contributed by atoms with van der Waals surface area (Å²) in [5.74, 6) is -1.41. The number of nitrogens with zero attached hydrogens (tertiary/aromatic N) is 4. The van der Waals surface area contributed by atoms with E-state index < -0.39 is 28.2 Å². The quantitative estimate of drug-likeness (QED) is 0.264. The zero-order valence-electron chi connectivity index (χ0n) is 17.7. The van der Waals surface area contributed by atoms with Crippen molar-refractivity contribution in [1.29, 1.82) is 0 Å². The number of fused-ring (bicyclic) bond motifs is 1. The van der Waals surface area contributed by atoms with Gasteiger partial charge in [-0.05, 0) is 31.2 Å². The Kier molecular flexibility index (Phi) is 7.13. The van der Waals surface area contributed by atoms with Gasteiger partial charge in [0, 0.05) is 22.0 Å². The third-order valence-corrected chi connectivity index (χ3v) is 5.33. The van der Waals surface area contributed by atoms with E-state index in [1.54, 1.807) is 18.2 Å². The zero-order valence-corrected chi connectivity index (χ0v) is 20.0. The number of carboxylic acids is 1. The highest BCUT2D eigenvalue weighted by molar-refractivity contribution is 9.10. The smallest absolute Gasteiger partial charge is 0.344 e. The van der Waals surface area contributed by atoms with Gasteiger partial charge < -0.3 is 9.84 Å². The number of ether oxygens (including phenoxy) is 1. The summed E-state index contributed by atoms with van der Waals surface area (Å²) in [6.07, 6.45) is -0.113. The van der Waals surface area contributed by atoms with Crippen molar-refractivity contribution in [3.05, 3.63) is 71.7 Å². The number of hydrogen-bond acceptors (Lipinski definition) is 7. The number of halogens is 2. The van der Waals surface area contributed by atoms with Crippen LogP contribution >= 0.6 is 27.5 Å². The number of hydrogen-bond donors (Lipinski definition) is 1. The molecule has 2 aromatic carbocycles. The molecule has 0 aliphatic heterocycles. The third-order valence-electron chi connectivity index (χ3n) is 4.56. The van der Waals surface area contributed by atoms with Crippen LogP contribution in [0.3, 0.4) is 0 Å². The number of nitro groups is 1. The van der Waals surface area contributed by atoms with Crippen LogP contribution in [-0.2, 0) is 4.79 Å². The Bertz CT molecular complexity index is 1350. The molecule has 0 saturated heterocycles. The largest absolute Gasteiger partial charge is 0.479 e. The van der Waals surface area contributed by atoms with Crippen LogP contribution < -0.4 is 10.3 Å². The molecular formula is C21H18BrClN4O6. The maximum absolute atomic E-state index is 13.1. The van der Waals surface area contributed by atoms with Gasteiger partial charge in [0.05, 0.1) is 27.1 Å². The Labute approximate surface area is 200 Å². The average molecular weight is 538 g/mol. The average Bonchev–Trinajstić information content (AvgIpc) is 2.74. The fraction of sp³-hybridized carbons (Fsp3) is 0.238. The monoisotopic (exact) mass is 536 g/mol. The van der Waals surface area contributed by atoms with Crippen LogP contribution in [0.4, 0.5) is 5.69 Å². The molecule has 1 atom stereocenters. The number of carboxylic acid groups (broad SMARTS) is 1. The molecule has 0 amide bonds. The number of rotatable bonds is 7. The van der Waals surface area contributed by atoms with Gasteiger partial charge in [-0.15, -0.1) is 0 Å². The Morgan fingerprint density at radius 3 is 2.64 bits per heavy atom. The first-order valence-corrected chi connectivity index (χ1v) is 10.8. The highest BCUT2D eigenvalue weighted by Crippen LogP contribution is 2.36. The third kappa shape index (κ3) is 5.20. The first-order chi connectivity index (χ1) is 15.5. The molecule has 0 unspecified atom stereocenters. The van der Waals surface area contributed by atoms with Crippen molar-refractivity contribution in [3.8, 4) is 5.75 Å². The predicted octanol–water partition coefficient (Wildman–Crippen LogP) is 4.58. The van der Waals surface area contributed by atoms with E-state index in [0.29, 0.717) is 21.2 Å². The number of carbonyl (C=O) groups is 1. The maximum Gasteiger partial charge on any atom is 0.344 e. The lowest BCUT2D eigenvalue weighted by Crippen LogP contribution is -2.23. The number of nitro benzene ring substituents is 1. The molecule has 10 nitrogen and oxygen atoms in total. The normalized spacial score (nSPS) is 12.4. The van der Waals surface area contributed by atoms with Gasteiger partial charge in [0.1, 0.15) is 5.82 Å². The summed E-state index contributed by atoms with van der Waals surface area (Å²) in [5.41, 5.74) is -0.213. The van der Waals surface area contributed by atoms with E-state index >= 15 is 0 Å². The van der Waals surface area contributed by atoms with Crippen LogP contribution in [0.15, 0.2) is 44.7 Å². The van der Waals surface area contributed by atoms with Crippen molar-refractivity contribution in [3.63, 3.8) is 0 Å². The summed E-state index contributed by atoms with van der Waals surface area (Å²) < 4.78 is 7.00. The minimum absolute atomic E-state index is 0.144. The molecule has 172 valence electrons. The summed E-state index contributed by atoms with van der Waals surface area (Å²) in [6.45, 7) is 4.94. The van der Waals surface area contributed by atoms with Gasteiger partial charge in [-0.1, -0.05) is 41.4 Å².